The normalized spacial score (nSPS) is 10.6. The Hall–Kier alpha value is -0.740. The zero-order chi connectivity index (χ0) is 10.7. The quantitative estimate of drug-likeness (QED) is 0.599. The predicted octanol–water partition coefficient (Wildman–Crippen LogP) is 3.22. The Morgan fingerprint density at radius 3 is 2.64 bits per heavy atom. The molecule has 0 aromatic carbocycles. The summed E-state index contributed by atoms with van der Waals surface area (Å²) in [6, 6.07) is 0.954. The molecular formula is C8H5Cl2F2NO. The second-order valence-electron chi connectivity index (χ2n) is 2.45. The molecule has 1 rings (SSSR count). The zero-order valence-corrected chi connectivity index (χ0v) is 8.32. The number of aldehydes is 1. The van der Waals surface area contributed by atoms with Gasteiger partial charge in [-0.15, -0.1) is 11.6 Å². The second kappa shape index (κ2) is 4.66. The number of halogens is 4. The molecule has 0 amide bonds. The molecule has 0 unspecified atom stereocenters. The van der Waals surface area contributed by atoms with Crippen LogP contribution in [0.4, 0.5) is 8.78 Å². The lowest BCUT2D eigenvalue weighted by molar-refractivity contribution is 0.111. The van der Waals surface area contributed by atoms with Crippen LogP contribution in [0.15, 0.2) is 6.07 Å². The fraction of sp³-hybridized carbons (Fsp3) is 0.250. The molecule has 6 heteroatoms. The van der Waals surface area contributed by atoms with Crippen molar-refractivity contribution in [1.29, 1.82) is 0 Å². The maximum atomic E-state index is 12.4. The Morgan fingerprint density at radius 2 is 2.21 bits per heavy atom. The zero-order valence-electron chi connectivity index (χ0n) is 6.81. The highest BCUT2D eigenvalue weighted by molar-refractivity contribution is 6.32. The van der Waals surface area contributed by atoms with Crippen LogP contribution in [0.2, 0.25) is 5.02 Å². The van der Waals surface area contributed by atoms with Crippen LogP contribution in [0.5, 0.6) is 0 Å². The van der Waals surface area contributed by atoms with Gasteiger partial charge in [0.2, 0.25) is 0 Å². The summed E-state index contributed by atoms with van der Waals surface area (Å²) in [6.45, 7) is 0. The minimum Gasteiger partial charge on any atom is -0.296 e. The number of rotatable bonds is 3. The van der Waals surface area contributed by atoms with Crippen LogP contribution < -0.4 is 0 Å². The minimum atomic E-state index is -2.74. The van der Waals surface area contributed by atoms with E-state index in [1.807, 2.05) is 0 Å². The number of carbonyl (C=O) groups is 1. The summed E-state index contributed by atoms with van der Waals surface area (Å²) in [7, 11) is 0. The first-order chi connectivity index (χ1) is 6.60. The van der Waals surface area contributed by atoms with Gasteiger partial charge in [0.1, 0.15) is 5.69 Å². The average molecular weight is 240 g/mol. The number of hydrogen-bond donors (Lipinski definition) is 0. The summed E-state index contributed by atoms with van der Waals surface area (Å²) in [4.78, 5) is 14.1. The van der Waals surface area contributed by atoms with Crippen molar-refractivity contribution in [2.24, 2.45) is 0 Å². The molecule has 76 valence electrons. The van der Waals surface area contributed by atoms with Crippen molar-refractivity contribution >= 4 is 29.5 Å². The molecule has 1 aromatic heterocycles. The summed E-state index contributed by atoms with van der Waals surface area (Å²) in [5.41, 5.74) is -0.423. The van der Waals surface area contributed by atoms with Crippen LogP contribution in [0, 0.1) is 0 Å². The molecule has 0 aliphatic heterocycles. The Bertz CT molecular complexity index is 357. The van der Waals surface area contributed by atoms with Crippen LogP contribution in [0.1, 0.15) is 28.2 Å². The van der Waals surface area contributed by atoms with Crippen LogP contribution in [0.25, 0.3) is 0 Å². The van der Waals surface area contributed by atoms with Gasteiger partial charge in [-0.2, -0.15) is 0 Å². The van der Waals surface area contributed by atoms with Gasteiger partial charge in [-0.3, -0.25) is 4.79 Å². The molecule has 14 heavy (non-hydrogen) atoms. The van der Waals surface area contributed by atoms with Gasteiger partial charge in [-0.1, -0.05) is 11.6 Å². The number of alkyl halides is 3. The van der Waals surface area contributed by atoms with Crippen molar-refractivity contribution < 1.29 is 13.6 Å². The van der Waals surface area contributed by atoms with Crippen LogP contribution in [0.3, 0.4) is 0 Å². The van der Waals surface area contributed by atoms with Crippen molar-refractivity contribution in [3.63, 3.8) is 0 Å². The SMILES string of the molecule is O=Cc1cc(C(F)F)c(Cl)c(CCl)n1. The highest BCUT2D eigenvalue weighted by atomic mass is 35.5. The molecule has 0 saturated heterocycles. The van der Waals surface area contributed by atoms with Gasteiger partial charge in [0, 0.05) is 5.56 Å². The smallest absolute Gasteiger partial charge is 0.265 e. The molecule has 0 saturated carbocycles. The molecule has 0 atom stereocenters. The third-order valence-electron chi connectivity index (χ3n) is 1.56. The van der Waals surface area contributed by atoms with E-state index in [-0.39, 0.29) is 22.3 Å². The molecule has 1 heterocycles. The van der Waals surface area contributed by atoms with E-state index in [0.717, 1.165) is 6.07 Å². The third kappa shape index (κ3) is 2.19. The Kier molecular flexibility index (Phi) is 3.77. The number of pyridine rings is 1. The van der Waals surface area contributed by atoms with Crippen LogP contribution >= 0.6 is 23.2 Å². The first-order valence-corrected chi connectivity index (χ1v) is 4.50. The van der Waals surface area contributed by atoms with E-state index < -0.39 is 12.0 Å². The molecular weight excluding hydrogens is 235 g/mol. The molecule has 0 spiro atoms. The number of carbonyl (C=O) groups excluding carboxylic acids is 1. The van der Waals surface area contributed by atoms with Crippen molar-refractivity contribution in [3.05, 3.63) is 28.0 Å². The first kappa shape index (κ1) is 11.3. The summed E-state index contributed by atoms with van der Waals surface area (Å²) < 4.78 is 24.8. The Morgan fingerprint density at radius 1 is 1.57 bits per heavy atom. The number of aromatic nitrogens is 1. The molecule has 0 fully saturated rings. The third-order valence-corrected chi connectivity index (χ3v) is 2.25. The largest absolute Gasteiger partial charge is 0.296 e. The van der Waals surface area contributed by atoms with E-state index in [9.17, 15) is 13.6 Å². The lowest BCUT2D eigenvalue weighted by Crippen LogP contribution is -1.99. The van der Waals surface area contributed by atoms with E-state index in [1.165, 1.54) is 0 Å². The molecule has 0 aliphatic rings. The van der Waals surface area contributed by atoms with E-state index in [0.29, 0.717) is 6.29 Å². The van der Waals surface area contributed by atoms with Gasteiger partial charge in [-0.25, -0.2) is 13.8 Å². The maximum absolute atomic E-state index is 12.4. The summed E-state index contributed by atoms with van der Waals surface area (Å²) in [6.07, 6.45) is -2.37. The monoisotopic (exact) mass is 239 g/mol. The summed E-state index contributed by atoms with van der Waals surface area (Å²) >= 11 is 11.0. The van der Waals surface area contributed by atoms with E-state index >= 15 is 0 Å². The van der Waals surface area contributed by atoms with Crippen molar-refractivity contribution in [1.82, 2.24) is 4.98 Å². The fourth-order valence-corrected chi connectivity index (χ4v) is 1.44. The standard InChI is InChI=1S/C8H5Cl2F2NO/c9-2-6-7(10)5(8(11)12)1-4(3-14)13-6/h1,3,8H,2H2. The van der Waals surface area contributed by atoms with Crippen LogP contribution in [-0.4, -0.2) is 11.3 Å². The van der Waals surface area contributed by atoms with Crippen molar-refractivity contribution in [2.45, 2.75) is 12.3 Å². The minimum absolute atomic E-state index is 0.0910. The van der Waals surface area contributed by atoms with E-state index in [2.05, 4.69) is 4.98 Å². The molecule has 0 radical (unpaired) electrons. The van der Waals surface area contributed by atoms with E-state index in [4.69, 9.17) is 23.2 Å². The van der Waals surface area contributed by atoms with Gasteiger partial charge in [0.05, 0.1) is 16.6 Å². The second-order valence-corrected chi connectivity index (χ2v) is 3.09. The topological polar surface area (TPSA) is 30.0 Å². The highest BCUT2D eigenvalue weighted by Gasteiger charge is 2.17. The van der Waals surface area contributed by atoms with E-state index in [1.54, 1.807) is 0 Å². The van der Waals surface area contributed by atoms with Crippen LogP contribution in [-0.2, 0) is 5.88 Å². The Labute approximate surface area is 88.8 Å². The number of nitrogens with zero attached hydrogens (tertiary/aromatic N) is 1. The van der Waals surface area contributed by atoms with Gasteiger partial charge in [-0.05, 0) is 6.07 Å². The van der Waals surface area contributed by atoms with Gasteiger partial charge in [0.25, 0.3) is 6.43 Å². The van der Waals surface area contributed by atoms with Gasteiger partial charge in [0.15, 0.2) is 6.29 Å². The van der Waals surface area contributed by atoms with Crippen molar-refractivity contribution in [2.75, 3.05) is 0 Å². The van der Waals surface area contributed by atoms with Crippen molar-refractivity contribution in [3.8, 4) is 0 Å². The maximum Gasteiger partial charge on any atom is 0.265 e. The van der Waals surface area contributed by atoms with Gasteiger partial charge >= 0.3 is 0 Å². The van der Waals surface area contributed by atoms with Gasteiger partial charge < -0.3 is 0 Å². The summed E-state index contributed by atoms with van der Waals surface area (Å²) in [5, 5.41) is -0.180. The molecule has 0 aliphatic carbocycles. The molecule has 1 aromatic rings. The predicted molar refractivity (Wildman–Crippen MR) is 49.1 cm³/mol. The molecule has 2 nitrogen and oxygen atoms in total. The lowest BCUT2D eigenvalue weighted by atomic mass is 10.2. The lowest BCUT2D eigenvalue weighted by Gasteiger charge is -2.06. The highest BCUT2D eigenvalue weighted by Crippen LogP contribution is 2.30. The number of hydrogen-bond acceptors (Lipinski definition) is 2. The molecule has 0 bridgehead atoms. The first-order valence-electron chi connectivity index (χ1n) is 3.58. The average Bonchev–Trinajstić information content (AvgIpc) is 2.17. The fourth-order valence-electron chi connectivity index (χ4n) is 0.934. The Balaban J connectivity index is 3.34. The molecule has 0 N–H and O–H groups in total. The summed E-state index contributed by atoms with van der Waals surface area (Å²) in [5.74, 6) is -0.111.